The molecule has 1 aliphatic rings. The van der Waals surface area contributed by atoms with Gasteiger partial charge in [0.15, 0.2) is 0 Å². The van der Waals surface area contributed by atoms with E-state index in [2.05, 4.69) is 20.9 Å². The third-order valence-electron chi connectivity index (χ3n) is 9.22. The van der Waals surface area contributed by atoms with Crippen LogP contribution in [-0.4, -0.2) is 106 Å². The lowest BCUT2D eigenvalue weighted by atomic mass is 9.85. The standard InChI is InChI=1S/C38H53N7O10S2/c1-25-20-32(36(47)41-22-27-6-8-28(9-7-27)34-26(2)42-24-56-34)44(23-25)37(48)35(38(3,4)5)43-33(46)12-14-53-16-18-55-19-17-54-15-13-40-30-11-10-29(57(39,51)52)21-31(30)45(49)50/h6-11,21,24-25,32,35,40H,12-20,22-23H2,1-5H3,(H,41,47)(H,43,46)(H2,39,51,52)/t25-,32+,35?/m1/s1. The summed E-state index contributed by atoms with van der Waals surface area (Å²) in [5.74, 6) is -0.751. The Morgan fingerprint density at radius 2 is 1.68 bits per heavy atom. The minimum Gasteiger partial charge on any atom is -0.379 e. The van der Waals surface area contributed by atoms with Crippen LogP contribution in [0.2, 0.25) is 0 Å². The molecule has 3 aromatic rings. The second kappa shape index (κ2) is 20.8. The van der Waals surface area contributed by atoms with Crippen LogP contribution in [0.5, 0.6) is 0 Å². The zero-order valence-corrected chi connectivity index (χ0v) is 34.6. The Morgan fingerprint density at radius 1 is 1.04 bits per heavy atom. The maximum atomic E-state index is 14.0. The molecule has 1 aromatic heterocycles. The van der Waals surface area contributed by atoms with Gasteiger partial charge in [-0.3, -0.25) is 24.5 Å². The fourth-order valence-electron chi connectivity index (χ4n) is 6.20. The Balaban J connectivity index is 1.12. The molecule has 1 aliphatic heterocycles. The number of rotatable bonds is 21. The molecule has 3 amide bonds. The molecule has 19 heteroatoms. The van der Waals surface area contributed by atoms with Gasteiger partial charge in [-0.25, -0.2) is 18.5 Å². The van der Waals surface area contributed by atoms with Gasteiger partial charge in [0.2, 0.25) is 27.7 Å². The summed E-state index contributed by atoms with van der Waals surface area (Å²) in [4.78, 5) is 57.7. The average Bonchev–Trinajstić information content (AvgIpc) is 3.77. The van der Waals surface area contributed by atoms with E-state index in [1.165, 1.54) is 12.1 Å². The first kappa shape index (κ1) is 45.2. The number of hydrogen-bond donors (Lipinski definition) is 4. The van der Waals surface area contributed by atoms with Crippen molar-refractivity contribution in [3.63, 3.8) is 0 Å². The van der Waals surface area contributed by atoms with Crippen LogP contribution < -0.4 is 21.1 Å². The molecule has 2 aromatic carbocycles. The lowest BCUT2D eigenvalue weighted by Gasteiger charge is -2.35. The van der Waals surface area contributed by atoms with E-state index in [1.54, 1.807) is 16.2 Å². The molecule has 0 saturated carbocycles. The molecule has 312 valence electrons. The zero-order chi connectivity index (χ0) is 41.8. The molecular weight excluding hydrogens is 779 g/mol. The van der Waals surface area contributed by atoms with Crippen LogP contribution in [0.1, 0.15) is 51.8 Å². The predicted molar refractivity (Wildman–Crippen MR) is 215 cm³/mol. The number of anilines is 1. The smallest absolute Gasteiger partial charge is 0.293 e. The van der Waals surface area contributed by atoms with Crippen molar-refractivity contribution < 1.29 is 41.9 Å². The number of aromatic nitrogens is 1. The van der Waals surface area contributed by atoms with E-state index < -0.39 is 38.1 Å². The van der Waals surface area contributed by atoms with Crippen LogP contribution in [0.4, 0.5) is 11.4 Å². The summed E-state index contributed by atoms with van der Waals surface area (Å²) in [5.41, 5.74) is 3.89. The highest BCUT2D eigenvalue weighted by Crippen LogP contribution is 2.30. The van der Waals surface area contributed by atoms with E-state index >= 15 is 0 Å². The molecular formula is C38H53N7O10S2. The number of nitro benzene ring substituents is 1. The molecule has 0 bridgehead atoms. The Labute approximate surface area is 337 Å². The number of aryl methyl sites for hydroxylation is 1. The average molecular weight is 832 g/mol. The molecule has 1 saturated heterocycles. The number of primary sulfonamides is 1. The van der Waals surface area contributed by atoms with E-state index in [-0.39, 0.29) is 86.8 Å². The van der Waals surface area contributed by atoms with Crippen LogP contribution >= 0.6 is 11.3 Å². The molecule has 2 heterocycles. The van der Waals surface area contributed by atoms with Gasteiger partial charge < -0.3 is 35.1 Å². The second-order valence-corrected chi connectivity index (χ2v) is 17.3. The number of nitro groups is 1. The zero-order valence-electron chi connectivity index (χ0n) is 32.9. The minimum atomic E-state index is -4.08. The maximum Gasteiger partial charge on any atom is 0.293 e. The summed E-state index contributed by atoms with van der Waals surface area (Å²) in [6.45, 7) is 11.9. The number of carbonyl (C=O) groups is 3. The molecule has 0 aliphatic carbocycles. The van der Waals surface area contributed by atoms with Crippen molar-refractivity contribution in [1.29, 1.82) is 0 Å². The molecule has 3 atom stereocenters. The van der Waals surface area contributed by atoms with Gasteiger partial charge in [0, 0.05) is 32.1 Å². The number of ether oxygens (including phenoxy) is 3. The lowest BCUT2D eigenvalue weighted by molar-refractivity contribution is -0.384. The van der Waals surface area contributed by atoms with E-state index in [0.29, 0.717) is 19.5 Å². The molecule has 57 heavy (non-hydrogen) atoms. The van der Waals surface area contributed by atoms with Crippen LogP contribution in [-0.2, 0) is 45.2 Å². The monoisotopic (exact) mass is 831 g/mol. The lowest BCUT2D eigenvalue weighted by Crippen LogP contribution is -2.57. The van der Waals surface area contributed by atoms with Crippen molar-refractivity contribution in [2.45, 2.75) is 71.0 Å². The van der Waals surface area contributed by atoms with Gasteiger partial charge in [0.25, 0.3) is 5.69 Å². The first-order valence-corrected chi connectivity index (χ1v) is 21.0. The van der Waals surface area contributed by atoms with Crippen LogP contribution in [0.15, 0.2) is 52.9 Å². The van der Waals surface area contributed by atoms with Gasteiger partial charge in [-0.2, -0.15) is 0 Å². The summed E-state index contributed by atoms with van der Waals surface area (Å²) in [6, 6.07) is 9.83. The first-order chi connectivity index (χ1) is 27.0. The second-order valence-electron chi connectivity index (χ2n) is 14.9. The van der Waals surface area contributed by atoms with Gasteiger partial charge in [-0.15, -0.1) is 11.3 Å². The normalized spacial score (nSPS) is 16.3. The highest BCUT2D eigenvalue weighted by molar-refractivity contribution is 7.89. The molecule has 0 spiro atoms. The number of nitrogens with two attached hydrogens (primary N) is 1. The van der Waals surface area contributed by atoms with Crippen molar-refractivity contribution in [2.75, 3.05) is 58.0 Å². The molecule has 1 unspecified atom stereocenters. The van der Waals surface area contributed by atoms with Gasteiger partial charge in [-0.1, -0.05) is 52.0 Å². The van der Waals surface area contributed by atoms with Gasteiger partial charge in [0.1, 0.15) is 17.8 Å². The van der Waals surface area contributed by atoms with Crippen LogP contribution in [0, 0.1) is 28.4 Å². The number of benzene rings is 2. The molecule has 17 nitrogen and oxygen atoms in total. The largest absolute Gasteiger partial charge is 0.379 e. The van der Waals surface area contributed by atoms with Crippen LogP contribution in [0.25, 0.3) is 10.4 Å². The van der Waals surface area contributed by atoms with Gasteiger partial charge >= 0.3 is 0 Å². The Morgan fingerprint density at radius 3 is 2.28 bits per heavy atom. The molecule has 4 rings (SSSR count). The number of carbonyl (C=O) groups excluding carboxylic acids is 3. The van der Waals surface area contributed by atoms with Crippen molar-refractivity contribution in [2.24, 2.45) is 16.5 Å². The number of nitrogens with zero attached hydrogens (tertiary/aromatic N) is 3. The van der Waals surface area contributed by atoms with Crippen LogP contribution in [0.3, 0.4) is 0 Å². The van der Waals surface area contributed by atoms with Crippen molar-refractivity contribution in [3.8, 4) is 10.4 Å². The summed E-state index contributed by atoms with van der Waals surface area (Å²) in [7, 11) is -4.08. The third kappa shape index (κ3) is 13.5. The predicted octanol–water partition coefficient (Wildman–Crippen LogP) is 3.61. The van der Waals surface area contributed by atoms with E-state index in [0.717, 1.165) is 27.8 Å². The third-order valence-corrected chi connectivity index (χ3v) is 11.1. The van der Waals surface area contributed by atoms with Gasteiger partial charge in [-0.05, 0) is 47.9 Å². The van der Waals surface area contributed by atoms with Crippen molar-refractivity contribution >= 4 is 50.5 Å². The Hall–Kier alpha value is -4.53. The van der Waals surface area contributed by atoms with Crippen molar-refractivity contribution in [1.82, 2.24) is 20.5 Å². The number of amides is 3. The number of sulfonamides is 1. The molecule has 5 N–H and O–H groups in total. The van der Waals surface area contributed by atoms with Crippen molar-refractivity contribution in [3.05, 3.63) is 69.3 Å². The van der Waals surface area contributed by atoms with Gasteiger partial charge in [0.05, 0.1) is 65.5 Å². The van der Waals surface area contributed by atoms with E-state index in [9.17, 15) is 32.9 Å². The Kier molecular flexibility index (Phi) is 16.5. The fourth-order valence-corrected chi connectivity index (χ4v) is 7.54. The number of nitrogens with one attached hydrogen (secondary N) is 3. The highest BCUT2D eigenvalue weighted by atomic mass is 32.2. The molecule has 1 fully saturated rings. The number of hydrogen-bond acceptors (Lipinski definition) is 13. The SMILES string of the molecule is Cc1ncsc1-c1ccc(CNC(=O)[C@@H]2C[C@@H](C)CN2C(=O)C(NC(=O)CCOCCOCCOCCNc2ccc(S(N)(=O)=O)cc2[N+](=O)[O-])C(C)(C)C)cc1. The molecule has 0 radical (unpaired) electrons. The summed E-state index contributed by atoms with van der Waals surface area (Å²) in [5, 5.41) is 25.1. The number of likely N-dealkylation sites (tertiary alicyclic amines) is 1. The summed E-state index contributed by atoms with van der Waals surface area (Å²) < 4.78 is 39.5. The minimum absolute atomic E-state index is 0.0283. The summed E-state index contributed by atoms with van der Waals surface area (Å²) >= 11 is 1.58. The highest BCUT2D eigenvalue weighted by Gasteiger charge is 2.43. The quantitative estimate of drug-likeness (QED) is 0.0685. The van der Waals surface area contributed by atoms with E-state index in [4.69, 9.17) is 19.3 Å². The maximum absolute atomic E-state index is 14.0. The van der Waals surface area contributed by atoms with E-state index in [1.807, 2.05) is 64.4 Å². The summed E-state index contributed by atoms with van der Waals surface area (Å²) in [6.07, 6.45) is 0.556. The Bertz CT molecular complexity index is 1950. The fraction of sp³-hybridized carbons (Fsp3) is 0.526. The topological polar surface area (TPSA) is 234 Å². The first-order valence-electron chi connectivity index (χ1n) is 18.6. The number of thiazole rings is 1.